The molecule has 0 atom stereocenters. The second-order valence-electron chi connectivity index (χ2n) is 5.60. The van der Waals surface area contributed by atoms with Crippen LogP contribution in [0.15, 0.2) is 35.1 Å². The first kappa shape index (κ1) is 13.1. The number of fused-ring (bicyclic) bond motifs is 1. The Bertz CT molecular complexity index is 830. The van der Waals surface area contributed by atoms with Crippen molar-refractivity contribution in [2.75, 3.05) is 0 Å². The number of carboxylic acid groups (broad SMARTS) is 1. The molecule has 3 aromatic rings. The van der Waals surface area contributed by atoms with Crippen LogP contribution < -0.4 is 0 Å². The van der Waals surface area contributed by atoms with Gasteiger partial charge in [0, 0.05) is 0 Å². The van der Waals surface area contributed by atoms with E-state index in [0.717, 1.165) is 12.8 Å². The first-order chi connectivity index (χ1) is 10.7. The van der Waals surface area contributed by atoms with E-state index in [9.17, 15) is 9.90 Å². The number of aromatic nitrogens is 3. The van der Waals surface area contributed by atoms with E-state index in [1.54, 1.807) is 30.7 Å². The van der Waals surface area contributed by atoms with Gasteiger partial charge in [-0.15, -0.1) is 0 Å². The molecule has 1 fully saturated rings. The molecule has 4 rings (SSSR count). The first-order valence-corrected chi connectivity index (χ1v) is 7.39. The highest BCUT2D eigenvalue weighted by atomic mass is 16.4. The number of hydrogen-bond acceptors (Lipinski definition) is 4. The molecule has 0 unspecified atom stereocenters. The summed E-state index contributed by atoms with van der Waals surface area (Å²) < 4.78 is 7.24. The summed E-state index contributed by atoms with van der Waals surface area (Å²) in [5.41, 5.74) is 1.36. The summed E-state index contributed by atoms with van der Waals surface area (Å²) in [5, 5.41) is 14.5. The van der Waals surface area contributed by atoms with Crippen LogP contribution in [0.4, 0.5) is 0 Å². The topological polar surface area (TPSA) is 81.2 Å². The van der Waals surface area contributed by atoms with Gasteiger partial charge in [-0.25, -0.2) is 14.5 Å². The summed E-state index contributed by atoms with van der Waals surface area (Å²) in [6.45, 7) is 0. The highest BCUT2D eigenvalue weighted by molar-refractivity contribution is 6.02. The number of nitrogens with zero attached hydrogens (tertiary/aromatic N) is 3. The fourth-order valence-corrected chi connectivity index (χ4v) is 3.16. The van der Waals surface area contributed by atoms with Crippen molar-refractivity contribution >= 4 is 17.0 Å². The summed E-state index contributed by atoms with van der Waals surface area (Å²) >= 11 is 0. The molecule has 3 aromatic heterocycles. The average Bonchev–Trinajstić information content (AvgIpc) is 3.25. The molecule has 0 aromatic carbocycles. The smallest absolute Gasteiger partial charge is 0.336 e. The minimum Gasteiger partial charge on any atom is -0.478 e. The monoisotopic (exact) mass is 297 g/mol. The Hall–Kier alpha value is -2.63. The highest BCUT2D eigenvalue weighted by Crippen LogP contribution is 2.33. The van der Waals surface area contributed by atoms with Crippen molar-refractivity contribution in [2.45, 2.75) is 31.7 Å². The largest absolute Gasteiger partial charge is 0.478 e. The van der Waals surface area contributed by atoms with Crippen LogP contribution in [0.25, 0.3) is 22.5 Å². The van der Waals surface area contributed by atoms with Gasteiger partial charge in [0.1, 0.15) is 5.69 Å². The number of furan rings is 1. The fourth-order valence-electron chi connectivity index (χ4n) is 3.16. The van der Waals surface area contributed by atoms with Crippen molar-refractivity contribution in [1.29, 1.82) is 0 Å². The Morgan fingerprint density at radius 3 is 2.86 bits per heavy atom. The van der Waals surface area contributed by atoms with Gasteiger partial charge in [0.25, 0.3) is 0 Å². The molecule has 0 saturated heterocycles. The van der Waals surface area contributed by atoms with E-state index >= 15 is 0 Å². The Morgan fingerprint density at radius 1 is 1.36 bits per heavy atom. The lowest BCUT2D eigenvalue weighted by Crippen LogP contribution is -2.08. The van der Waals surface area contributed by atoms with Crippen LogP contribution in [0.3, 0.4) is 0 Å². The maximum Gasteiger partial charge on any atom is 0.336 e. The zero-order chi connectivity index (χ0) is 15.1. The third-order valence-corrected chi connectivity index (χ3v) is 4.24. The number of aromatic carboxylic acids is 1. The van der Waals surface area contributed by atoms with E-state index in [1.807, 2.05) is 4.68 Å². The molecule has 0 bridgehead atoms. The molecule has 0 radical (unpaired) electrons. The number of carbonyl (C=O) groups is 1. The molecule has 0 aliphatic heterocycles. The standard InChI is InChI=1S/C16H15N3O3/c20-16(21)11-8-13(14-6-3-7-22-14)18-15-12(11)9-17-19(15)10-4-1-2-5-10/h3,6-10H,1-2,4-5H2,(H,20,21). The molecule has 1 aliphatic carbocycles. The third-order valence-electron chi connectivity index (χ3n) is 4.24. The lowest BCUT2D eigenvalue weighted by atomic mass is 10.1. The van der Waals surface area contributed by atoms with E-state index in [0.29, 0.717) is 28.5 Å². The molecule has 1 aliphatic rings. The molecular formula is C16H15N3O3. The van der Waals surface area contributed by atoms with Crippen LogP contribution in [-0.4, -0.2) is 25.8 Å². The van der Waals surface area contributed by atoms with Gasteiger partial charge in [-0.2, -0.15) is 5.10 Å². The van der Waals surface area contributed by atoms with Gasteiger partial charge in [0.15, 0.2) is 11.4 Å². The zero-order valence-electron chi connectivity index (χ0n) is 11.9. The molecule has 3 heterocycles. The van der Waals surface area contributed by atoms with Crippen molar-refractivity contribution in [3.8, 4) is 11.5 Å². The van der Waals surface area contributed by atoms with E-state index in [4.69, 9.17) is 4.42 Å². The number of pyridine rings is 1. The minimum atomic E-state index is -0.980. The van der Waals surface area contributed by atoms with E-state index in [-0.39, 0.29) is 5.56 Å². The lowest BCUT2D eigenvalue weighted by Gasteiger charge is -2.11. The molecular weight excluding hydrogens is 282 g/mol. The van der Waals surface area contributed by atoms with Gasteiger partial charge in [-0.3, -0.25) is 0 Å². The molecule has 1 saturated carbocycles. The summed E-state index contributed by atoms with van der Waals surface area (Å²) in [7, 11) is 0. The first-order valence-electron chi connectivity index (χ1n) is 7.39. The number of rotatable bonds is 3. The van der Waals surface area contributed by atoms with Gasteiger partial charge >= 0.3 is 5.97 Å². The summed E-state index contributed by atoms with van der Waals surface area (Å²) in [6.07, 6.45) is 7.63. The quantitative estimate of drug-likeness (QED) is 0.800. The summed E-state index contributed by atoms with van der Waals surface area (Å²) in [5.74, 6) is -0.422. The third kappa shape index (κ3) is 1.99. The number of hydrogen-bond donors (Lipinski definition) is 1. The van der Waals surface area contributed by atoms with Crippen LogP contribution in [0.2, 0.25) is 0 Å². The second-order valence-corrected chi connectivity index (χ2v) is 5.60. The highest BCUT2D eigenvalue weighted by Gasteiger charge is 2.23. The van der Waals surface area contributed by atoms with Crippen molar-refractivity contribution in [3.63, 3.8) is 0 Å². The Morgan fingerprint density at radius 2 is 2.18 bits per heavy atom. The predicted molar refractivity (Wildman–Crippen MR) is 79.7 cm³/mol. The normalized spacial score (nSPS) is 15.6. The fraction of sp³-hybridized carbons (Fsp3) is 0.312. The van der Waals surface area contributed by atoms with E-state index in [1.165, 1.54) is 12.8 Å². The van der Waals surface area contributed by atoms with Crippen LogP contribution in [0.1, 0.15) is 42.1 Å². The Labute approximate surface area is 126 Å². The summed E-state index contributed by atoms with van der Waals surface area (Å²) in [4.78, 5) is 16.2. The van der Waals surface area contributed by atoms with Gasteiger partial charge < -0.3 is 9.52 Å². The summed E-state index contributed by atoms with van der Waals surface area (Å²) in [6, 6.07) is 5.38. The maximum absolute atomic E-state index is 11.6. The Balaban J connectivity index is 1.95. The second kappa shape index (κ2) is 4.98. The average molecular weight is 297 g/mol. The lowest BCUT2D eigenvalue weighted by molar-refractivity contribution is 0.0699. The SMILES string of the molecule is O=C(O)c1cc(-c2ccco2)nc2c1cnn2C1CCCC1. The van der Waals surface area contributed by atoms with Gasteiger partial charge in [0.2, 0.25) is 0 Å². The minimum absolute atomic E-state index is 0.209. The van der Waals surface area contributed by atoms with Crippen LogP contribution in [-0.2, 0) is 0 Å². The van der Waals surface area contributed by atoms with E-state index < -0.39 is 5.97 Å². The van der Waals surface area contributed by atoms with Crippen LogP contribution in [0, 0.1) is 0 Å². The molecule has 112 valence electrons. The van der Waals surface area contributed by atoms with Crippen molar-refractivity contribution < 1.29 is 14.3 Å². The Kier molecular flexibility index (Phi) is 2.96. The molecule has 6 nitrogen and oxygen atoms in total. The van der Waals surface area contributed by atoms with Crippen molar-refractivity contribution in [3.05, 3.63) is 36.2 Å². The van der Waals surface area contributed by atoms with Gasteiger partial charge in [-0.1, -0.05) is 12.8 Å². The zero-order valence-corrected chi connectivity index (χ0v) is 11.9. The van der Waals surface area contributed by atoms with Crippen LogP contribution >= 0.6 is 0 Å². The predicted octanol–water partition coefficient (Wildman–Crippen LogP) is 3.50. The van der Waals surface area contributed by atoms with Gasteiger partial charge in [0.05, 0.1) is 29.5 Å². The van der Waals surface area contributed by atoms with Gasteiger partial charge in [-0.05, 0) is 31.0 Å². The van der Waals surface area contributed by atoms with Crippen molar-refractivity contribution in [1.82, 2.24) is 14.8 Å². The number of carboxylic acids is 1. The maximum atomic E-state index is 11.6. The molecule has 0 amide bonds. The molecule has 0 spiro atoms. The van der Waals surface area contributed by atoms with Crippen LogP contribution in [0.5, 0.6) is 0 Å². The molecule has 6 heteroatoms. The van der Waals surface area contributed by atoms with E-state index in [2.05, 4.69) is 10.1 Å². The van der Waals surface area contributed by atoms with Crippen molar-refractivity contribution in [2.24, 2.45) is 0 Å². The molecule has 1 N–H and O–H groups in total. The molecule has 22 heavy (non-hydrogen) atoms.